The molecule has 3 N–H and O–H groups in total. The summed E-state index contributed by atoms with van der Waals surface area (Å²) in [7, 11) is 0. The minimum absolute atomic E-state index is 0.0574. The van der Waals surface area contributed by atoms with Crippen molar-refractivity contribution >= 4 is 11.6 Å². The summed E-state index contributed by atoms with van der Waals surface area (Å²) in [5.41, 5.74) is 11.5. The van der Waals surface area contributed by atoms with E-state index in [1.807, 2.05) is 26.0 Å². The van der Waals surface area contributed by atoms with Gasteiger partial charge in [0.2, 0.25) is 0 Å². The maximum atomic E-state index is 12.4. The Balaban J connectivity index is 2.20. The largest absolute Gasteiger partial charge is 0.398 e. The van der Waals surface area contributed by atoms with Gasteiger partial charge in [-0.3, -0.25) is 4.79 Å². The molecular weight excluding hydrogens is 260 g/mol. The fraction of sp³-hybridized carbons (Fsp3) is 0.278. The first-order valence-corrected chi connectivity index (χ1v) is 7.12. The second kappa shape index (κ2) is 6.00. The van der Waals surface area contributed by atoms with Gasteiger partial charge in [0.05, 0.1) is 11.6 Å². The van der Waals surface area contributed by atoms with Crippen LogP contribution in [-0.2, 0) is 0 Å². The van der Waals surface area contributed by atoms with E-state index in [9.17, 15) is 4.79 Å². The van der Waals surface area contributed by atoms with E-state index in [2.05, 4.69) is 37.4 Å². The summed E-state index contributed by atoms with van der Waals surface area (Å²) in [5.74, 6) is -0.135. The average Bonchev–Trinajstić information content (AvgIpc) is 2.41. The summed E-state index contributed by atoms with van der Waals surface area (Å²) >= 11 is 0. The number of benzene rings is 2. The van der Waals surface area contributed by atoms with Crippen LogP contribution in [0.15, 0.2) is 36.4 Å². The molecule has 3 heteroatoms. The number of carbonyl (C=O) groups is 1. The van der Waals surface area contributed by atoms with Gasteiger partial charge in [0, 0.05) is 5.69 Å². The number of nitrogens with one attached hydrogen (secondary N) is 1. The van der Waals surface area contributed by atoms with E-state index in [0.717, 1.165) is 11.1 Å². The summed E-state index contributed by atoms with van der Waals surface area (Å²) < 4.78 is 0. The molecule has 2 aromatic carbocycles. The van der Waals surface area contributed by atoms with Crippen LogP contribution in [0.3, 0.4) is 0 Å². The standard InChI is InChI=1S/C18H22N2O/c1-11-5-7-15(13(3)9-11)14(4)20-18(21)16-10-12(2)6-8-17(16)19/h5-10,14H,19H2,1-4H3,(H,20,21). The van der Waals surface area contributed by atoms with Crippen molar-refractivity contribution in [2.45, 2.75) is 33.7 Å². The van der Waals surface area contributed by atoms with E-state index in [4.69, 9.17) is 5.73 Å². The van der Waals surface area contributed by atoms with Crippen molar-refractivity contribution in [3.8, 4) is 0 Å². The molecule has 0 saturated carbocycles. The Hall–Kier alpha value is -2.29. The first-order valence-electron chi connectivity index (χ1n) is 7.12. The van der Waals surface area contributed by atoms with Crippen molar-refractivity contribution in [3.63, 3.8) is 0 Å². The van der Waals surface area contributed by atoms with Crippen LogP contribution >= 0.6 is 0 Å². The number of rotatable bonds is 3. The van der Waals surface area contributed by atoms with E-state index in [1.165, 1.54) is 11.1 Å². The topological polar surface area (TPSA) is 55.1 Å². The normalized spacial score (nSPS) is 12.0. The molecule has 0 aliphatic heterocycles. The van der Waals surface area contributed by atoms with Gasteiger partial charge in [-0.1, -0.05) is 35.4 Å². The lowest BCUT2D eigenvalue weighted by molar-refractivity contribution is 0.0940. The Bertz CT molecular complexity index is 677. The highest BCUT2D eigenvalue weighted by molar-refractivity contribution is 5.99. The molecule has 21 heavy (non-hydrogen) atoms. The molecule has 0 aliphatic rings. The Morgan fingerprint density at radius 2 is 1.67 bits per heavy atom. The van der Waals surface area contributed by atoms with Crippen molar-refractivity contribution in [1.82, 2.24) is 5.32 Å². The van der Waals surface area contributed by atoms with Crippen molar-refractivity contribution in [1.29, 1.82) is 0 Å². The van der Waals surface area contributed by atoms with E-state index in [0.29, 0.717) is 11.3 Å². The highest BCUT2D eigenvalue weighted by atomic mass is 16.1. The number of hydrogen-bond acceptors (Lipinski definition) is 2. The summed E-state index contributed by atoms with van der Waals surface area (Å²) in [6.45, 7) is 8.06. The van der Waals surface area contributed by atoms with Crippen molar-refractivity contribution in [2.24, 2.45) is 0 Å². The summed E-state index contributed by atoms with van der Waals surface area (Å²) in [4.78, 5) is 12.4. The highest BCUT2D eigenvalue weighted by Crippen LogP contribution is 2.20. The first kappa shape index (κ1) is 15.1. The van der Waals surface area contributed by atoms with Crippen LogP contribution in [0.4, 0.5) is 5.69 Å². The molecule has 0 radical (unpaired) electrons. The Morgan fingerprint density at radius 3 is 2.33 bits per heavy atom. The van der Waals surface area contributed by atoms with Gasteiger partial charge in [-0.05, 0) is 51.0 Å². The fourth-order valence-corrected chi connectivity index (χ4v) is 2.53. The lowest BCUT2D eigenvalue weighted by Gasteiger charge is -2.18. The van der Waals surface area contributed by atoms with E-state index in [-0.39, 0.29) is 11.9 Å². The molecule has 0 bridgehead atoms. The zero-order valence-corrected chi connectivity index (χ0v) is 13.0. The van der Waals surface area contributed by atoms with Crippen molar-refractivity contribution < 1.29 is 4.79 Å². The second-order valence-corrected chi connectivity index (χ2v) is 5.65. The van der Waals surface area contributed by atoms with Gasteiger partial charge in [-0.2, -0.15) is 0 Å². The molecule has 2 rings (SSSR count). The van der Waals surface area contributed by atoms with Crippen LogP contribution in [0.2, 0.25) is 0 Å². The monoisotopic (exact) mass is 282 g/mol. The fourth-order valence-electron chi connectivity index (χ4n) is 2.53. The molecule has 0 heterocycles. The number of hydrogen-bond donors (Lipinski definition) is 2. The number of nitrogen functional groups attached to an aromatic ring is 1. The van der Waals surface area contributed by atoms with Gasteiger partial charge in [0.15, 0.2) is 0 Å². The van der Waals surface area contributed by atoms with Gasteiger partial charge in [-0.15, -0.1) is 0 Å². The van der Waals surface area contributed by atoms with Crippen LogP contribution in [0.25, 0.3) is 0 Å². The number of carbonyl (C=O) groups excluding carboxylic acids is 1. The number of anilines is 1. The maximum Gasteiger partial charge on any atom is 0.253 e. The third-order valence-electron chi connectivity index (χ3n) is 3.69. The maximum absolute atomic E-state index is 12.4. The molecule has 0 fully saturated rings. The Labute approximate surface area is 126 Å². The lowest BCUT2D eigenvalue weighted by Crippen LogP contribution is -2.27. The van der Waals surface area contributed by atoms with Crippen LogP contribution in [0.1, 0.15) is 45.6 Å². The molecule has 1 unspecified atom stereocenters. The smallest absolute Gasteiger partial charge is 0.253 e. The number of nitrogens with two attached hydrogens (primary N) is 1. The van der Waals surface area contributed by atoms with Crippen LogP contribution < -0.4 is 11.1 Å². The molecule has 1 amide bonds. The zero-order chi connectivity index (χ0) is 15.6. The summed E-state index contributed by atoms with van der Waals surface area (Å²) in [5, 5.41) is 3.02. The number of amides is 1. The third-order valence-corrected chi connectivity index (χ3v) is 3.69. The van der Waals surface area contributed by atoms with E-state index >= 15 is 0 Å². The van der Waals surface area contributed by atoms with Crippen LogP contribution in [0.5, 0.6) is 0 Å². The van der Waals surface area contributed by atoms with Gasteiger partial charge in [-0.25, -0.2) is 0 Å². The van der Waals surface area contributed by atoms with Gasteiger partial charge >= 0.3 is 0 Å². The van der Waals surface area contributed by atoms with Crippen LogP contribution in [0, 0.1) is 20.8 Å². The number of aryl methyl sites for hydroxylation is 3. The molecule has 110 valence electrons. The highest BCUT2D eigenvalue weighted by Gasteiger charge is 2.15. The molecular formula is C18H22N2O. The predicted octanol–water partition coefficient (Wildman–Crippen LogP) is 3.69. The van der Waals surface area contributed by atoms with Gasteiger partial charge in [0.25, 0.3) is 5.91 Å². The van der Waals surface area contributed by atoms with Gasteiger partial charge in [0.1, 0.15) is 0 Å². The van der Waals surface area contributed by atoms with Crippen LogP contribution in [-0.4, -0.2) is 5.91 Å². The first-order chi connectivity index (χ1) is 9.88. The van der Waals surface area contributed by atoms with E-state index < -0.39 is 0 Å². The average molecular weight is 282 g/mol. The molecule has 0 aliphatic carbocycles. The zero-order valence-electron chi connectivity index (χ0n) is 13.0. The summed E-state index contributed by atoms with van der Waals surface area (Å²) in [6.07, 6.45) is 0. The molecule has 0 saturated heterocycles. The van der Waals surface area contributed by atoms with E-state index in [1.54, 1.807) is 6.07 Å². The molecule has 0 aromatic heterocycles. The summed E-state index contributed by atoms with van der Waals surface area (Å²) in [6, 6.07) is 11.7. The van der Waals surface area contributed by atoms with Crippen molar-refractivity contribution in [2.75, 3.05) is 5.73 Å². The lowest BCUT2D eigenvalue weighted by atomic mass is 10.00. The van der Waals surface area contributed by atoms with Crippen molar-refractivity contribution in [3.05, 3.63) is 64.2 Å². The minimum Gasteiger partial charge on any atom is -0.398 e. The predicted molar refractivity (Wildman–Crippen MR) is 87.4 cm³/mol. The molecule has 2 aromatic rings. The molecule has 0 spiro atoms. The molecule has 1 atom stereocenters. The Morgan fingerprint density at radius 1 is 1.05 bits per heavy atom. The third kappa shape index (κ3) is 3.43. The SMILES string of the molecule is Cc1ccc(C(C)NC(=O)c2cc(C)ccc2N)c(C)c1. The molecule has 3 nitrogen and oxygen atoms in total. The second-order valence-electron chi connectivity index (χ2n) is 5.65. The quantitative estimate of drug-likeness (QED) is 0.844. The Kier molecular flexibility index (Phi) is 4.32. The minimum atomic E-state index is -0.135. The van der Waals surface area contributed by atoms with Gasteiger partial charge < -0.3 is 11.1 Å².